The average molecular weight is 289 g/mol. The summed E-state index contributed by atoms with van der Waals surface area (Å²) >= 11 is 0. The number of carbonyl (C=O) groups is 1. The summed E-state index contributed by atoms with van der Waals surface area (Å²) in [5.41, 5.74) is -1.33. The Morgan fingerprint density at radius 3 is 2.57 bits per heavy atom. The number of rotatable bonds is 4. The molecule has 2 aromatic rings. The van der Waals surface area contributed by atoms with Crippen molar-refractivity contribution in [3.63, 3.8) is 0 Å². The number of hydrogen-bond donors (Lipinski definition) is 3. The maximum atomic E-state index is 12.3. The quantitative estimate of drug-likeness (QED) is 0.739. The van der Waals surface area contributed by atoms with Crippen molar-refractivity contribution >= 4 is 5.91 Å². The van der Waals surface area contributed by atoms with Gasteiger partial charge in [-0.3, -0.25) is 19.1 Å². The second-order valence-electron chi connectivity index (χ2n) is 4.39. The number of H-pyrrole nitrogens is 1. The van der Waals surface area contributed by atoms with E-state index in [1.807, 2.05) is 6.07 Å². The van der Waals surface area contributed by atoms with Crippen LogP contribution in [0.4, 0.5) is 0 Å². The maximum Gasteiger partial charge on any atom is 0.331 e. The summed E-state index contributed by atoms with van der Waals surface area (Å²) in [7, 11) is 0. The first-order valence-corrected chi connectivity index (χ1v) is 6.42. The summed E-state index contributed by atoms with van der Waals surface area (Å²) in [6.07, 6.45) is 0. The smallest absolute Gasteiger partial charge is 0.331 e. The molecule has 0 spiro atoms. The molecule has 0 aliphatic heterocycles. The van der Waals surface area contributed by atoms with Gasteiger partial charge in [0.25, 0.3) is 11.5 Å². The zero-order valence-electron chi connectivity index (χ0n) is 11.4. The summed E-state index contributed by atoms with van der Waals surface area (Å²) in [5.74, 6) is -1.45. The van der Waals surface area contributed by atoms with Crippen LogP contribution in [0, 0.1) is 0 Å². The maximum absolute atomic E-state index is 12.3. The van der Waals surface area contributed by atoms with Crippen LogP contribution in [0.25, 0.3) is 0 Å². The molecular formula is C14H15N3O4. The van der Waals surface area contributed by atoms with Crippen molar-refractivity contribution in [2.75, 3.05) is 6.54 Å². The lowest BCUT2D eigenvalue weighted by molar-refractivity contribution is 0.0950. The first kappa shape index (κ1) is 14.6. The van der Waals surface area contributed by atoms with Gasteiger partial charge in [-0.15, -0.1) is 0 Å². The fourth-order valence-electron chi connectivity index (χ4n) is 1.92. The summed E-state index contributed by atoms with van der Waals surface area (Å²) < 4.78 is 0.875. The van der Waals surface area contributed by atoms with Gasteiger partial charge in [0.15, 0.2) is 5.56 Å². The topological polar surface area (TPSA) is 104 Å². The van der Waals surface area contributed by atoms with Crippen molar-refractivity contribution in [2.45, 2.75) is 13.5 Å². The van der Waals surface area contributed by atoms with Crippen LogP contribution in [0.5, 0.6) is 5.88 Å². The first-order chi connectivity index (χ1) is 10.0. The fourth-order valence-corrected chi connectivity index (χ4v) is 1.92. The van der Waals surface area contributed by atoms with E-state index in [0.717, 1.165) is 10.1 Å². The second-order valence-corrected chi connectivity index (χ2v) is 4.39. The molecule has 1 aromatic carbocycles. The third-order valence-electron chi connectivity index (χ3n) is 2.91. The van der Waals surface area contributed by atoms with Crippen LogP contribution in [-0.4, -0.2) is 27.1 Å². The van der Waals surface area contributed by atoms with Crippen molar-refractivity contribution in [3.8, 4) is 5.88 Å². The number of aromatic amines is 1. The Bertz CT molecular complexity index is 762. The van der Waals surface area contributed by atoms with Crippen molar-refractivity contribution in [1.29, 1.82) is 0 Å². The zero-order chi connectivity index (χ0) is 15.4. The van der Waals surface area contributed by atoms with E-state index in [-0.39, 0.29) is 6.54 Å². The fraction of sp³-hybridized carbons (Fsp3) is 0.214. The molecule has 0 aliphatic carbocycles. The SMILES string of the molecule is CCNC(=O)c1c(O)[nH]c(=O)n(Cc2ccccc2)c1=O. The van der Waals surface area contributed by atoms with Gasteiger partial charge >= 0.3 is 5.69 Å². The molecule has 3 N–H and O–H groups in total. The van der Waals surface area contributed by atoms with Crippen molar-refractivity contribution in [2.24, 2.45) is 0 Å². The standard InChI is InChI=1S/C14H15N3O4/c1-2-15-11(18)10-12(19)16-14(21)17(13(10)20)8-9-6-4-3-5-7-9/h3-7,19H,2,8H2,1H3,(H,15,18)(H,16,21). The Kier molecular flexibility index (Phi) is 4.22. The minimum Gasteiger partial charge on any atom is -0.494 e. The highest BCUT2D eigenvalue weighted by atomic mass is 16.3. The largest absolute Gasteiger partial charge is 0.494 e. The number of carbonyl (C=O) groups excluding carboxylic acids is 1. The van der Waals surface area contributed by atoms with Gasteiger partial charge in [-0.2, -0.15) is 0 Å². The lowest BCUT2D eigenvalue weighted by Crippen LogP contribution is -2.41. The number of aromatic hydroxyl groups is 1. The molecule has 7 heteroatoms. The van der Waals surface area contributed by atoms with Crippen molar-refractivity contribution < 1.29 is 9.90 Å². The highest BCUT2D eigenvalue weighted by molar-refractivity contribution is 5.95. The molecule has 110 valence electrons. The molecule has 0 radical (unpaired) electrons. The van der Waals surface area contributed by atoms with Gasteiger partial charge in [-0.25, -0.2) is 4.79 Å². The highest BCUT2D eigenvalue weighted by Gasteiger charge is 2.20. The molecule has 0 bridgehead atoms. The molecule has 1 amide bonds. The van der Waals surface area contributed by atoms with Gasteiger partial charge in [0.2, 0.25) is 5.88 Å². The molecule has 2 rings (SSSR count). The van der Waals surface area contributed by atoms with E-state index in [4.69, 9.17) is 0 Å². The highest BCUT2D eigenvalue weighted by Crippen LogP contribution is 2.06. The van der Waals surface area contributed by atoms with Crippen LogP contribution in [0.3, 0.4) is 0 Å². The number of aromatic nitrogens is 2. The molecule has 0 saturated carbocycles. The van der Waals surface area contributed by atoms with Crippen LogP contribution in [0.1, 0.15) is 22.8 Å². The Hall–Kier alpha value is -2.83. The molecule has 1 aromatic heterocycles. The molecule has 0 saturated heterocycles. The van der Waals surface area contributed by atoms with Crippen LogP contribution in [0.15, 0.2) is 39.9 Å². The van der Waals surface area contributed by atoms with Gasteiger partial charge in [0.1, 0.15) is 0 Å². The Balaban J connectivity index is 2.52. The molecule has 0 atom stereocenters. The molecule has 21 heavy (non-hydrogen) atoms. The summed E-state index contributed by atoms with van der Waals surface area (Å²) in [4.78, 5) is 38.0. The summed E-state index contributed by atoms with van der Waals surface area (Å²) in [5, 5.41) is 12.0. The zero-order valence-corrected chi connectivity index (χ0v) is 11.4. The van der Waals surface area contributed by atoms with Gasteiger partial charge in [0.05, 0.1) is 6.54 Å². The molecule has 1 heterocycles. The van der Waals surface area contributed by atoms with E-state index in [1.165, 1.54) is 0 Å². The van der Waals surface area contributed by atoms with Gasteiger partial charge < -0.3 is 10.4 Å². The normalized spacial score (nSPS) is 10.3. The number of hydrogen-bond acceptors (Lipinski definition) is 4. The van der Waals surface area contributed by atoms with Gasteiger partial charge in [-0.1, -0.05) is 30.3 Å². The third kappa shape index (κ3) is 3.02. The van der Waals surface area contributed by atoms with E-state index >= 15 is 0 Å². The third-order valence-corrected chi connectivity index (χ3v) is 2.91. The minimum absolute atomic E-state index is 0.0156. The molecule has 0 unspecified atom stereocenters. The Morgan fingerprint density at radius 1 is 1.29 bits per heavy atom. The van der Waals surface area contributed by atoms with E-state index in [2.05, 4.69) is 10.3 Å². The lowest BCUT2D eigenvalue weighted by atomic mass is 10.2. The molecular weight excluding hydrogens is 274 g/mol. The number of nitrogens with one attached hydrogen (secondary N) is 2. The summed E-state index contributed by atoms with van der Waals surface area (Å²) in [6.45, 7) is 2.00. The van der Waals surface area contributed by atoms with Crippen molar-refractivity contribution in [3.05, 3.63) is 62.3 Å². The Labute approximate surface area is 119 Å². The van der Waals surface area contributed by atoms with E-state index in [9.17, 15) is 19.5 Å². The number of nitrogens with zero attached hydrogens (tertiary/aromatic N) is 1. The molecule has 7 nitrogen and oxygen atoms in total. The van der Waals surface area contributed by atoms with Crippen LogP contribution >= 0.6 is 0 Å². The van der Waals surface area contributed by atoms with Crippen LogP contribution in [-0.2, 0) is 6.54 Å². The van der Waals surface area contributed by atoms with E-state index in [1.54, 1.807) is 31.2 Å². The molecule has 0 aliphatic rings. The number of benzene rings is 1. The second kappa shape index (κ2) is 6.08. The van der Waals surface area contributed by atoms with Crippen molar-refractivity contribution in [1.82, 2.24) is 14.9 Å². The summed E-state index contributed by atoms with van der Waals surface area (Å²) in [6, 6.07) is 8.88. The van der Waals surface area contributed by atoms with E-state index < -0.39 is 28.6 Å². The van der Waals surface area contributed by atoms with Crippen LogP contribution in [0.2, 0.25) is 0 Å². The predicted molar refractivity (Wildman–Crippen MR) is 76.5 cm³/mol. The van der Waals surface area contributed by atoms with Gasteiger partial charge in [0, 0.05) is 6.54 Å². The van der Waals surface area contributed by atoms with E-state index in [0.29, 0.717) is 6.54 Å². The predicted octanol–water partition coefficient (Wildman–Crippen LogP) is 0.0402. The number of amides is 1. The lowest BCUT2D eigenvalue weighted by Gasteiger charge is -2.09. The average Bonchev–Trinajstić information content (AvgIpc) is 2.44. The Morgan fingerprint density at radius 2 is 1.95 bits per heavy atom. The molecule has 0 fully saturated rings. The first-order valence-electron chi connectivity index (χ1n) is 6.42. The van der Waals surface area contributed by atoms with Gasteiger partial charge in [-0.05, 0) is 12.5 Å². The minimum atomic E-state index is -0.828. The van der Waals surface area contributed by atoms with Crippen LogP contribution < -0.4 is 16.6 Å². The monoisotopic (exact) mass is 289 g/mol.